The van der Waals surface area contributed by atoms with Gasteiger partial charge in [-0.3, -0.25) is 4.79 Å². The summed E-state index contributed by atoms with van der Waals surface area (Å²) < 4.78 is 2.22. The summed E-state index contributed by atoms with van der Waals surface area (Å²) in [5, 5.41) is 12.4. The molecule has 4 heterocycles. The van der Waals surface area contributed by atoms with Crippen molar-refractivity contribution >= 4 is 39.7 Å². The number of anilines is 1. The molecule has 0 unspecified atom stereocenters. The number of amides is 1. The molecule has 2 fully saturated rings. The standard InChI is InChI=1S/C25H28N6OS/c1-17-9-10-20-19(16-17)23-28-27-22(18-6-3-2-4-7-18)31(23)25(26-20)30-13-11-29(12-14-30)24(32)21-8-5-15-33-21/h5,8-10,15-16,18H,2-4,6-7,11-14H2,1H3. The highest BCUT2D eigenvalue weighted by Crippen LogP contribution is 2.35. The molecule has 2 aliphatic rings. The summed E-state index contributed by atoms with van der Waals surface area (Å²) in [7, 11) is 0. The molecule has 170 valence electrons. The zero-order valence-electron chi connectivity index (χ0n) is 18.9. The molecule has 0 N–H and O–H groups in total. The normalized spacial score (nSPS) is 17.8. The van der Waals surface area contributed by atoms with E-state index in [2.05, 4.69) is 39.5 Å². The Morgan fingerprint density at radius 3 is 2.61 bits per heavy atom. The summed E-state index contributed by atoms with van der Waals surface area (Å²) >= 11 is 1.51. The van der Waals surface area contributed by atoms with Crippen molar-refractivity contribution in [2.45, 2.75) is 44.9 Å². The number of piperazine rings is 1. The molecule has 1 aliphatic carbocycles. The molecule has 1 aliphatic heterocycles. The molecule has 0 atom stereocenters. The van der Waals surface area contributed by atoms with Gasteiger partial charge in [-0.1, -0.05) is 37.0 Å². The fourth-order valence-electron chi connectivity index (χ4n) is 5.26. The number of aromatic nitrogens is 4. The minimum absolute atomic E-state index is 0.129. The summed E-state index contributed by atoms with van der Waals surface area (Å²) in [5.41, 5.74) is 3.04. The van der Waals surface area contributed by atoms with E-state index < -0.39 is 0 Å². The topological polar surface area (TPSA) is 66.6 Å². The van der Waals surface area contributed by atoms with Crippen molar-refractivity contribution in [3.05, 3.63) is 52.0 Å². The average molecular weight is 461 g/mol. The van der Waals surface area contributed by atoms with Gasteiger partial charge in [0, 0.05) is 37.5 Å². The van der Waals surface area contributed by atoms with Crippen molar-refractivity contribution in [3.63, 3.8) is 0 Å². The van der Waals surface area contributed by atoms with Gasteiger partial charge in [-0.15, -0.1) is 21.5 Å². The molecule has 1 aromatic carbocycles. The maximum atomic E-state index is 12.8. The fraction of sp³-hybridized carbons (Fsp3) is 0.440. The molecule has 6 rings (SSSR count). The molecule has 0 bridgehead atoms. The number of fused-ring (bicyclic) bond motifs is 3. The quantitative estimate of drug-likeness (QED) is 0.445. The van der Waals surface area contributed by atoms with Gasteiger partial charge in [-0.05, 0) is 43.3 Å². The minimum Gasteiger partial charge on any atom is -0.338 e. The van der Waals surface area contributed by atoms with Crippen LogP contribution in [0.3, 0.4) is 0 Å². The minimum atomic E-state index is 0.129. The lowest BCUT2D eigenvalue weighted by Crippen LogP contribution is -2.49. The lowest BCUT2D eigenvalue weighted by atomic mass is 9.89. The highest BCUT2D eigenvalue weighted by molar-refractivity contribution is 7.12. The Morgan fingerprint density at radius 1 is 1.03 bits per heavy atom. The van der Waals surface area contributed by atoms with Crippen molar-refractivity contribution in [2.24, 2.45) is 0 Å². The number of carbonyl (C=O) groups excluding carboxylic acids is 1. The molecule has 8 heteroatoms. The number of carbonyl (C=O) groups is 1. The van der Waals surface area contributed by atoms with Crippen LogP contribution < -0.4 is 4.90 Å². The zero-order valence-corrected chi connectivity index (χ0v) is 19.7. The first-order valence-corrected chi connectivity index (χ1v) is 12.8. The SMILES string of the molecule is Cc1ccc2nc(N3CCN(C(=O)c4cccs4)CC3)n3c(C4CCCCC4)nnc3c2c1. The molecule has 0 spiro atoms. The van der Waals surface area contributed by atoms with Crippen molar-refractivity contribution < 1.29 is 4.79 Å². The van der Waals surface area contributed by atoms with Gasteiger partial charge in [0.05, 0.1) is 10.4 Å². The van der Waals surface area contributed by atoms with Gasteiger partial charge in [0.1, 0.15) is 5.82 Å². The number of hydrogen-bond donors (Lipinski definition) is 0. The zero-order chi connectivity index (χ0) is 22.4. The summed E-state index contributed by atoms with van der Waals surface area (Å²) in [5.74, 6) is 2.52. The van der Waals surface area contributed by atoms with Gasteiger partial charge in [-0.2, -0.15) is 0 Å². The molecule has 1 amide bonds. The monoisotopic (exact) mass is 460 g/mol. The number of thiophene rings is 1. The molecule has 1 saturated heterocycles. The maximum Gasteiger partial charge on any atom is 0.264 e. The maximum absolute atomic E-state index is 12.8. The Hall–Kier alpha value is -3.00. The van der Waals surface area contributed by atoms with Gasteiger partial charge in [-0.25, -0.2) is 9.38 Å². The third-order valence-corrected chi connectivity index (χ3v) is 7.91. The second-order valence-electron chi connectivity index (χ2n) is 9.24. The first kappa shape index (κ1) is 20.6. The molecule has 7 nitrogen and oxygen atoms in total. The number of rotatable bonds is 3. The van der Waals surface area contributed by atoms with Crippen LogP contribution in [0.2, 0.25) is 0 Å². The van der Waals surface area contributed by atoms with Crippen LogP contribution in [-0.4, -0.2) is 56.6 Å². The van der Waals surface area contributed by atoms with E-state index in [0.29, 0.717) is 19.0 Å². The second kappa shape index (κ2) is 8.41. The molecule has 3 aromatic heterocycles. The Kier molecular flexibility index (Phi) is 5.25. The second-order valence-corrected chi connectivity index (χ2v) is 10.2. The van der Waals surface area contributed by atoms with Crippen LogP contribution in [0.4, 0.5) is 5.95 Å². The van der Waals surface area contributed by atoms with Gasteiger partial charge in [0.25, 0.3) is 5.91 Å². The highest BCUT2D eigenvalue weighted by atomic mass is 32.1. The van der Waals surface area contributed by atoms with Crippen LogP contribution in [0.25, 0.3) is 16.6 Å². The highest BCUT2D eigenvalue weighted by Gasteiger charge is 2.29. The number of nitrogens with zero attached hydrogens (tertiary/aromatic N) is 6. The summed E-state index contributed by atoms with van der Waals surface area (Å²) in [6.07, 6.45) is 6.13. The third kappa shape index (κ3) is 3.66. The van der Waals surface area contributed by atoms with Crippen LogP contribution in [0, 0.1) is 6.92 Å². The Balaban J connectivity index is 1.39. The van der Waals surface area contributed by atoms with Crippen LogP contribution in [0.15, 0.2) is 35.7 Å². The Morgan fingerprint density at radius 2 is 1.85 bits per heavy atom. The predicted molar refractivity (Wildman–Crippen MR) is 131 cm³/mol. The summed E-state index contributed by atoms with van der Waals surface area (Å²) in [4.78, 5) is 23.0. The van der Waals surface area contributed by atoms with E-state index in [4.69, 9.17) is 10.1 Å². The molecule has 1 saturated carbocycles. The molecule has 33 heavy (non-hydrogen) atoms. The largest absolute Gasteiger partial charge is 0.338 e. The van der Waals surface area contributed by atoms with E-state index in [1.165, 1.54) is 36.2 Å². The smallest absolute Gasteiger partial charge is 0.264 e. The van der Waals surface area contributed by atoms with E-state index >= 15 is 0 Å². The Bertz CT molecular complexity index is 1300. The van der Waals surface area contributed by atoms with E-state index in [1.807, 2.05) is 22.4 Å². The van der Waals surface area contributed by atoms with Gasteiger partial charge in [0.2, 0.25) is 5.95 Å². The van der Waals surface area contributed by atoms with Crippen LogP contribution in [-0.2, 0) is 0 Å². The van der Waals surface area contributed by atoms with E-state index in [-0.39, 0.29) is 5.91 Å². The average Bonchev–Trinajstić information content (AvgIpc) is 3.55. The van der Waals surface area contributed by atoms with Crippen LogP contribution in [0.5, 0.6) is 0 Å². The molecule has 4 aromatic rings. The van der Waals surface area contributed by atoms with Gasteiger partial charge < -0.3 is 9.80 Å². The summed E-state index contributed by atoms with van der Waals surface area (Å²) in [6.45, 7) is 4.98. The van der Waals surface area contributed by atoms with E-state index in [9.17, 15) is 4.79 Å². The van der Waals surface area contributed by atoms with Gasteiger partial charge in [0.15, 0.2) is 5.65 Å². The van der Waals surface area contributed by atoms with E-state index in [0.717, 1.165) is 59.1 Å². The van der Waals surface area contributed by atoms with Crippen molar-refractivity contribution in [1.82, 2.24) is 24.5 Å². The fourth-order valence-corrected chi connectivity index (χ4v) is 5.95. The molecule has 0 radical (unpaired) electrons. The first-order valence-electron chi connectivity index (χ1n) is 11.9. The first-order chi connectivity index (χ1) is 16.2. The van der Waals surface area contributed by atoms with Crippen molar-refractivity contribution in [1.29, 1.82) is 0 Å². The molecular weight excluding hydrogens is 432 g/mol. The summed E-state index contributed by atoms with van der Waals surface area (Å²) in [6, 6.07) is 10.2. The number of hydrogen-bond acceptors (Lipinski definition) is 6. The Labute approximate surface area is 197 Å². The third-order valence-electron chi connectivity index (χ3n) is 7.05. The lowest BCUT2D eigenvalue weighted by molar-refractivity contribution is 0.0751. The van der Waals surface area contributed by atoms with Crippen molar-refractivity contribution in [3.8, 4) is 0 Å². The van der Waals surface area contributed by atoms with Crippen LogP contribution >= 0.6 is 11.3 Å². The molecular formula is C25H28N6OS. The van der Waals surface area contributed by atoms with Gasteiger partial charge >= 0.3 is 0 Å². The van der Waals surface area contributed by atoms with E-state index in [1.54, 1.807) is 0 Å². The lowest BCUT2D eigenvalue weighted by Gasteiger charge is -2.35. The van der Waals surface area contributed by atoms with Crippen molar-refractivity contribution in [2.75, 3.05) is 31.1 Å². The predicted octanol–water partition coefficient (Wildman–Crippen LogP) is 4.66. The van der Waals surface area contributed by atoms with Crippen LogP contribution in [0.1, 0.15) is 59.1 Å². The number of benzene rings is 1. The number of aryl methyl sites for hydroxylation is 1.